The molecule has 1 aliphatic heterocycles. The largest absolute Gasteiger partial charge is 0.444 e. The van der Waals surface area contributed by atoms with Crippen molar-refractivity contribution in [2.75, 3.05) is 0 Å². The minimum Gasteiger partial charge on any atom is -0.444 e. The molecule has 1 aromatic heterocycles. The SMILES string of the molecule is CC(C)C1=NO[C@H](C(=O)NCc2coc(-c3ccccc3)n2)C1. The van der Waals surface area contributed by atoms with E-state index in [4.69, 9.17) is 9.25 Å². The minimum absolute atomic E-state index is 0.186. The lowest BCUT2D eigenvalue weighted by Crippen LogP contribution is -2.34. The van der Waals surface area contributed by atoms with Crippen LogP contribution in [0.15, 0.2) is 46.2 Å². The van der Waals surface area contributed by atoms with E-state index in [1.807, 2.05) is 44.2 Å². The molecule has 0 unspecified atom stereocenters. The number of nitrogens with zero attached hydrogens (tertiary/aromatic N) is 2. The molecule has 1 aliphatic rings. The molecule has 0 bridgehead atoms. The van der Waals surface area contributed by atoms with Crippen LogP contribution in [0.5, 0.6) is 0 Å². The van der Waals surface area contributed by atoms with Gasteiger partial charge in [0, 0.05) is 12.0 Å². The molecule has 0 aliphatic carbocycles. The van der Waals surface area contributed by atoms with E-state index < -0.39 is 6.10 Å². The van der Waals surface area contributed by atoms with E-state index in [0.29, 0.717) is 24.6 Å². The van der Waals surface area contributed by atoms with Crippen LogP contribution in [-0.4, -0.2) is 22.7 Å². The van der Waals surface area contributed by atoms with E-state index in [-0.39, 0.29) is 11.8 Å². The second kappa shape index (κ2) is 6.64. The van der Waals surface area contributed by atoms with E-state index >= 15 is 0 Å². The van der Waals surface area contributed by atoms with Gasteiger partial charge in [-0.15, -0.1) is 0 Å². The first kappa shape index (κ1) is 15.3. The smallest absolute Gasteiger partial charge is 0.264 e. The lowest BCUT2D eigenvalue weighted by atomic mass is 10.0. The average molecular weight is 313 g/mol. The van der Waals surface area contributed by atoms with Gasteiger partial charge in [-0.05, 0) is 18.1 Å². The molecule has 1 N–H and O–H groups in total. The predicted octanol–water partition coefficient (Wildman–Crippen LogP) is 2.76. The van der Waals surface area contributed by atoms with Gasteiger partial charge in [-0.2, -0.15) is 0 Å². The highest BCUT2D eigenvalue weighted by atomic mass is 16.6. The summed E-state index contributed by atoms with van der Waals surface area (Å²) in [5.74, 6) is 0.642. The van der Waals surface area contributed by atoms with E-state index in [1.54, 1.807) is 6.26 Å². The number of carbonyl (C=O) groups is 1. The van der Waals surface area contributed by atoms with Crippen molar-refractivity contribution in [1.29, 1.82) is 0 Å². The Bertz CT molecular complexity index is 707. The molecule has 0 fully saturated rings. The number of hydrogen-bond acceptors (Lipinski definition) is 5. The van der Waals surface area contributed by atoms with Crippen LogP contribution in [0.3, 0.4) is 0 Å². The average Bonchev–Trinajstić information content (AvgIpc) is 3.23. The fraction of sp³-hybridized carbons (Fsp3) is 0.353. The maximum Gasteiger partial charge on any atom is 0.264 e. The van der Waals surface area contributed by atoms with E-state index in [1.165, 1.54) is 0 Å². The lowest BCUT2D eigenvalue weighted by molar-refractivity contribution is -0.131. The highest BCUT2D eigenvalue weighted by Crippen LogP contribution is 2.18. The van der Waals surface area contributed by atoms with Gasteiger partial charge in [0.15, 0.2) is 0 Å². The summed E-state index contributed by atoms with van der Waals surface area (Å²) in [4.78, 5) is 21.7. The van der Waals surface area contributed by atoms with Gasteiger partial charge < -0.3 is 14.6 Å². The predicted molar refractivity (Wildman–Crippen MR) is 85.5 cm³/mol. The van der Waals surface area contributed by atoms with E-state index in [2.05, 4.69) is 15.5 Å². The number of oxime groups is 1. The van der Waals surface area contributed by atoms with Gasteiger partial charge in [0.05, 0.1) is 18.0 Å². The second-order valence-corrected chi connectivity index (χ2v) is 5.76. The Morgan fingerprint density at radius 1 is 1.35 bits per heavy atom. The van der Waals surface area contributed by atoms with Gasteiger partial charge >= 0.3 is 0 Å². The fourth-order valence-corrected chi connectivity index (χ4v) is 2.27. The lowest BCUT2D eigenvalue weighted by Gasteiger charge is -2.08. The van der Waals surface area contributed by atoms with Crippen molar-refractivity contribution >= 4 is 11.6 Å². The summed E-state index contributed by atoms with van der Waals surface area (Å²) in [6, 6.07) is 9.62. The number of amides is 1. The van der Waals surface area contributed by atoms with Crippen molar-refractivity contribution in [2.45, 2.75) is 32.9 Å². The molecule has 120 valence electrons. The van der Waals surface area contributed by atoms with Gasteiger partial charge in [0.2, 0.25) is 12.0 Å². The van der Waals surface area contributed by atoms with Gasteiger partial charge in [-0.1, -0.05) is 37.2 Å². The van der Waals surface area contributed by atoms with Gasteiger partial charge in [-0.3, -0.25) is 4.79 Å². The van der Waals surface area contributed by atoms with Crippen LogP contribution in [0.25, 0.3) is 11.5 Å². The monoisotopic (exact) mass is 313 g/mol. The zero-order valence-electron chi connectivity index (χ0n) is 13.2. The van der Waals surface area contributed by atoms with Crippen LogP contribution in [0, 0.1) is 5.92 Å². The van der Waals surface area contributed by atoms with Crippen molar-refractivity contribution in [1.82, 2.24) is 10.3 Å². The third-order valence-corrected chi connectivity index (χ3v) is 3.67. The number of carbonyl (C=O) groups excluding carboxylic acids is 1. The number of rotatable bonds is 5. The quantitative estimate of drug-likeness (QED) is 0.921. The van der Waals surface area contributed by atoms with Crippen LogP contribution in [0.4, 0.5) is 0 Å². The van der Waals surface area contributed by atoms with Crippen molar-refractivity contribution < 1.29 is 14.0 Å². The zero-order valence-corrected chi connectivity index (χ0v) is 13.2. The number of nitrogens with one attached hydrogen (secondary N) is 1. The Kier molecular flexibility index (Phi) is 4.41. The van der Waals surface area contributed by atoms with Gasteiger partial charge in [0.1, 0.15) is 6.26 Å². The molecular weight excluding hydrogens is 294 g/mol. The van der Waals surface area contributed by atoms with Crippen LogP contribution >= 0.6 is 0 Å². The topological polar surface area (TPSA) is 76.7 Å². The summed E-state index contributed by atoms with van der Waals surface area (Å²) >= 11 is 0. The molecule has 0 spiro atoms. The molecule has 23 heavy (non-hydrogen) atoms. The standard InChI is InChI=1S/C17H19N3O3/c1-11(2)14-8-15(23-20-14)16(21)18-9-13-10-22-17(19-13)12-6-4-3-5-7-12/h3-7,10-11,15H,8-9H2,1-2H3,(H,18,21)/t15-/m0/s1. The second-order valence-electron chi connectivity index (χ2n) is 5.76. The number of benzene rings is 1. The molecule has 1 aromatic carbocycles. The third-order valence-electron chi connectivity index (χ3n) is 3.67. The highest BCUT2D eigenvalue weighted by Gasteiger charge is 2.29. The summed E-state index contributed by atoms with van der Waals surface area (Å²) in [6.07, 6.45) is 1.54. The van der Waals surface area contributed by atoms with Crippen LogP contribution in [-0.2, 0) is 16.2 Å². The first-order valence-electron chi connectivity index (χ1n) is 7.63. The molecule has 2 aromatic rings. The maximum atomic E-state index is 12.1. The van der Waals surface area contributed by atoms with Crippen molar-refractivity contribution in [3.05, 3.63) is 42.3 Å². The first-order valence-corrected chi connectivity index (χ1v) is 7.63. The van der Waals surface area contributed by atoms with Crippen molar-refractivity contribution in [2.24, 2.45) is 11.1 Å². The summed E-state index contributed by atoms with van der Waals surface area (Å²) in [6.45, 7) is 4.36. The van der Waals surface area contributed by atoms with Crippen molar-refractivity contribution in [3.63, 3.8) is 0 Å². The zero-order chi connectivity index (χ0) is 16.2. The molecular formula is C17H19N3O3. The minimum atomic E-state index is -0.548. The molecule has 0 saturated heterocycles. The van der Waals surface area contributed by atoms with Crippen LogP contribution in [0.1, 0.15) is 26.0 Å². The Morgan fingerprint density at radius 3 is 2.83 bits per heavy atom. The molecule has 1 atom stereocenters. The number of oxazole rings is 1. The van der Waals surface area contributed by atoms with E-state index in [0.717, 1.165) is 11.3 Å². The molecule has 3 rings (SSSR count). The Hall–Kier alpha value is -2.63. The van der Waals surface area contributed by atoms with Gasteiger partial charge in [0.25, 0.3) is 5.91 Å². The first-order chi connectivity index (χ1) is 11.1. The number of aromatic nitrogens is 1. The van der Waals surface area contributed by atoms with Gasteiger partial charge in [-0.25, -0.2) is 4.98 Å². The Morgan fingerprint density at radius 2 is 2.13 bits per heavy atom. The Labute approximate surface area is 134 Å². The van der Waals surface area contributed by atoms with Crippen molar-refractivity contribution in [3.8, 4) is 11.5 Å². The summed E-state index contributed by atoms with van der Waals surface area (Å²) in [5, 5.41) is 6.76. The molecule has 1 amide bonds. The third kappa shape index (κ3) is 3.59. The summed E-state index contributed by atoms with van der Waals surface area (Å²) in [7, 11) is 0. The molecule has 6 heteroatoms. The normalized spacial score (nSPS) is 17.0. The van der Waals surface area contributed by atoms with Crippen LogP contribution in [0.2, 0.25) is 0 Å². The maximum absolute atomic E-state index is 12.1. The molecule has 0 saturated carbocycles. The van der Waals surface area contributed by atoms with E-state index in [9.17, 15) is 4.79 Å². The summed E-state index contributed by atoms with van der Waals surface area (Å²) < 4.78 is 5.44. The molecule has 2 heterocycles. The van der Waals surface area contributed by atoms with Crippen LogP contribution < -0.4 is 5.32 Å². The Balaban J connectivity index is 1.53. The fourth-order valence-electron chi connectivity index (χ4n) is 2.27. The summed E-state index contributed by atoms with van der Waals surface area (Å²) in [5.41, 5.74) is 2.48. The molecule has 6 nitrogen and oxygen atoms in total. The highest BCUT2D eigenvalue weighted by molar-refractivity contribution is 5.93. The molecule has 0 radical (unpaired) electrons. The number of hydrogen-bond donors (Lipinski definition) is 1.